The maximum absolute atomic E-state index is 6.01. The summed E-state index contributed by atoms with van der Waals surface area (Å²) in [6.45, 7) is 8.00. The van der Waals surface area contributed by atoms with Crippen LogP contribution in [-0.4, -0.2) is 36.7 Å². The predicted molar refractivity (Wildman–Crippen MR) is 104 cm³/mol. The van der Waals surface area contributed by atoms with Crippen molar-refractivity contribution < 1.29 is 4.74 Å². The number of nitrogens with zero attached hydrogens (tertiary/aromatic N) is 2. The maximum Gasteiger partial charge on any atom is 0.191 e. The molecule has 2 unspecified atom stereocenters. The zero-order chi connectivity index (χ0) is 17.9. The van der Waals surface area contributed by atoms with Gasteiger partial charge in [0.25, 0.3) is 0 Å². The quantitative estimate of drug-likeness (QED) is 0.597. The van der Waals surface area contributed by atoms with Gasteiger partial charge in [-0.25, -0.2) is 4.98 Å². The minimum absolute atomic E-state index is 0.319. The average molecular weight is 365 g/mol. The minimum Gasteiger partial charge on any atom is -0.378 e. The van der Waals surface area contributed by atoms with Crippen LogP contribution in [-0.2, 0) is 11.3 Å². The smallest absolute Gasteiger partial charge is 0.191 e. The number of thiazole rings is 1. The van der Waals surface area contributed by atoms with Gasteiger partial charge in [0, 0.05) is 30.5 Å². The molecule has 0 aromatic carbocycles. The summed E-state index contributed by atoms with van der Waals surface area (Å²) in [5, 5.41) is 10.4. The van der Waals surface area contributed by atoms with Crippen molar-refractivity contribution in [3.63, 3.8) is 0 Å². The van der Waals surface area contributed by atoms with Crippen LogP contribution in [0.2, 0.25) is 0 Å². The Kier molecular flexibility index (Phi) is 6.00. The first-order valence-electron chi connectivity index (χ1n) is 9.62. The SMILES string of the molecule is CCOC1CC(NC(=NC)NCc2nc(C(C)C)cs2)C12CCCC2. The van der Waals surface area contributed by atoms with Gasteiger partial charge in [0.1, 0.15) is 5.01 Å². The minimum atomic E-state index is 0.319. The van der Waals surface area contributed by atoms with E-state index in [1.54, 1.807) is 11.3 Å². The van der Waals surface area contributed by atoms with Crippen molar-refractivity contribution in [3.05, 3.63) is 16.1 Å². The van der Waals surface area contributed by atoms with E-state index in [1.807, 2.05) is 7.05 Å². The van der Waals surface area contributed by atoms with Crippen LogP contribution in [0.15, 0.2) is 10.4 Å². The van der Waals surface area contributed by atoms with Gasteiger partial charge in [-0.15, -0.1) is 11.3 Å². The fourth-order valence-electron chi connectivity index (χ4n) is 4.28. The second kappa shape index (κ2) is 8.04. The van der Waals surface area contributed by atoms with Crippen LogP contribution in [0, 0.1) is 5.41 Å². The van der Waals surface area contributed by atoms with E-state index in [-0.39, 0.29) is 0 Å². The Labute approximate surface area is 155 Å². The fraction of sp³-hybridized carbons (Fsp3) is 0.789. The summed E-state index contributed by atoms with van der Waals surface area (Å²) >= 11 is 1.72. The van der Waals surface area contributed by atoms with Crippen LogP contribution in [0.25, 0.3) is 0 Å². The third kappa shape index (κ3) is 3.85. The summed E-state index contributed by atoms with van der Waals surface area (Å²) in [7, 11) is 1.84. The zero-order valence-corrected chi connectivity index (χ0v) is 16.8. The number of guanidine groups is 1. The van der Waals surface area contributed by atoms with E-state index >= 15 is 0 Å². The molecule has 140 valence electrons. The lowest BCUT2D eigenvalue weighted by Gasteiger charge is -2.54. The highest BCUT2D eigenvalue weighted by atomic mass is 32.1. The highest BCUT2D eigenvalue weighted by Crippen LogP contribution is 2.54. The Morgan fingerprint density at radius 1 is 1.44 bits per heavy atom. The van der Waals surface area contributed by atoms with Gasteiger partial charge < -0.3 is 15.4 Å². The molecule has 0 amide bonds. The van der Waals surface area contributed by atoms with Crippen LogP contribution in [0.5, 0.6) is 0 Å². The van der Waals surface area contributed by atoms with Gasteiger partial charge in [-0.05, 0) is 32.1 Å². The molecule has 0 aliphatic heterocycles. The lowest BCUT2D eigenvalue weighted by Crippen LogP contribution is -2.65. The molecule has 3 rings (SSSR count). The highest BCUT2D eigenvalue weighted by molar-refractivity contribution is 7.09. The van der Waals surface area contributed by atoms with Crippen molar-refractivity contribution in [2.24, 2.45) is 10.4 Å². The first-order chi connectivity index (χ1) is 12.1. The van der Waals surface area contributed by atoms with E-state index < -0.39 is 0 Å². The molecule has 1 aromatic rings. The third-order valence-corrected chi connectivity index (χ3v) is 6.66. The maximum atomic E-state index is 6.01. The second-order valence-electron chi connectivity index (χ2n) is 7.56. The van der Waals surface area contributed by atoms with Crippen molar-refractivity contribution >= 4 is 17.3 Å². The molecule has 2 fully saturated rings. The molecule has 5 nitrogen and oxygen atoms in total. The van der Waals surface area contributed by atoms with Crippen LogP contribution in [0.1, 0.15) is 69.5 Å². The van der Waals surface area contributed by atoms with Crippen molar-refractivity contribution in [1.29, 1.82) is 0 Å². The molecule has 0 bridgehead atoms. The Bertz CT molecular complexity index is 592. The van der Waals surface area contributed by atoms with Crippen LogP contribution in [0.4, 0.5) is 0 Å². The largest absolute Gasteiger partial charge is 0.378 e. The zero-order valence-electron chi connectivity index (χ0n) is 16.0. The average Bonchev–Trinajstić information content (AvgIpc) is 3.27. The molecule has 2 saturated carbocycles. The number of aromatic nitrogens is 1. The molecule has 6 heteroatoms. The van der Waals surface area contributed by atoms with Crippen LogP contribution in [0.3, 0.4) is 0 Å². The van der Waals surface area contributed by atoms with Crippen molar-refractivity contribution in [1.82, 2.24) is 15.6 Å². The van der Waals surface area contributed by atoms with E-state index in [9.17, 15) is 0 Å². The monoisotopic (exact) mass is 364 g/mol. The Morgan fingerprint density at radius 2 is 2.20 bits per heavy atom. The fourth-order valence-corrected chi connectivity index (χ4v) is 5.17. The van der Waals surface area contributed by atoms with Gasteiger partial charge in [0.15, 0.2) is 5.96 Å². The normalized spacial score (nSPS) is 25.4. The number of rotatable bonds is 6. The summed E-state index contributed by atoms with van der Waals surface area (Å²) in [6.07, 6.45) is 6.70. The Morgan fingerprint density at radius 3 is 2.80 bits per heavy atom. The number of hydrogen-bond acceptors (Lipinski definition) is 4. The lowest BCUT2D eigenvalue weighted by molar-refractivity contribution is -0.125. The van der Waals surface area contributed by atoms with E-state index in [4.69, 9.17) is 4.74 Å². The van der Waals surface area contributed by atoms with E-state index in [0.717, 1.165) is 30.5 Å². The van der Waals surface area contributed by atoms with Gasteiger partial charge in [-0.1, -0.05) is 26.7 Å². The lowest BCUT2D eigenvalue weighted by atomic mass is 9.60. The molecular formula is C19H32N4OS. The number of hydrogen-bond donors (Lipinski definition) is 2. The molecule has 2 aliphatic carbocycles. The van der Waals surface area contributed by atoms with Crippen molar-refractivity contribution in [2.45, 2.75) is 77.5 Å². The summed E-state index contributed by atoms with van der Waals surface area (Å²) < 4.78 is 6.01. The van der Waals surface area contributed by atoms with Crippen molar-refractivity contribution in [2.75, 3.05) is 13.7 Å². The molecule has 1 heterocycles. The van der Waals surface area contributed by atoms with Gasteiger partial charge in [0.05, 0.1) is 18.3 Å². The molecule has 1 aromatic heterocycles. The van der Waals surface area contributed by atoms with Gasteiger partial charge in [-0.3, -0.25) is 4.99 Å². The Balaban J connectivity index is 1.55. The number of ether oxygens (including phenoxy) is 1. The highest BCUT2D eigenvalue weighted by Gasteiger charge is 2.56. The topological polar surface area (TPSA) is 58.5 Å². The summed E-state index contributed by atoms with van der Waals surface area (Å²) in [5.41, 5.74) is 1.49. The van der Waals surface area contributed by atoms with E-state index in [0.29, 0.717) is 23.5 Å². The number of nitrogens with one attached hydrogen (secondary N) is 2. The van der Waals surface area contributed by atoms with E-state index in [1.165, 1.54) is 31.4 Å². The standard InChI is InChI=1S/C19H32N4OS/c1-5-24-16-10-15(19(16)8-6-7-9-19)23-18(20-4)21-11-17-22-14(12-25-17)13(2)3/h12-13,15-16H,5-11H2,1-4H3,(H2,20,21,23). The molecular weight excluding hydrogens is 332 g/mol. The molecule has 2 aliphatic rings. The summed E-state index contributed by atoms with van der Waals surface area (Å²) in [4.78, 5) is 9.11. The first-order valence-corrected chi connectivity index (χ1v) is 10.5. The second-order valence-corrected chi connectivity index (χ2v) is 8.51. The van der Waals surface area contributed by atoms with Crippen LogP contribution < -0.4 is 10.6 Å². The van der Waals surface area contributed by atoms with Crippen molar-refractivity contribution in [3.8, 4) is 0 Å². The predicted octanol–water partition coefficient (Wildman–Crippen LogP) is 3.67. The van der Waals surface area contributed by atoms with E-state index in [2.05, 4.69) is 46.8 Å². The molecule has 2 N–H and O–H groups in total. The summed E-state index contributed by atoms with van der Waals surface area (Å²) in [6, 6.07) is 0.472. The molecule has 2 atom stereocenters. The molecule has 25 heavy (non-hydrogen) atoms. The Hall–Kier alpha value is -1.14. The number of aliphatic imine (C=N–C) groups is 1. The van der Waals surface area contributed by atoms with Gasteiger partial charge in [-0.2, -0.15) is 0 Å². The van der Waals surface area contributed by atoms with Crippen LogP contribution >= 0.6 is 11.3 Å². The first kappa shape index (κ1) is 18.6. The third-order valence-electron chi connectivity index (χ3n) is 5.79. The summed E-state index contributed by atoms with van der Waals surface area (Å²) in [5.74, 6) is 1.36. The molecule has 1 spiro atoms. The molecule has 0 saturated heterocycles. The van der Waals surface area contributed by atoms with Gasteiger partial charge >= 0.3 is 0 Å². The molecule has 0 radical (unpaired) electrons. The van der Waals surface area contributed by atoms with Gasteiger partial charge in [0.2, 0.25) is 0 Å².